The second kappa shape index (κ2) is 5.93. The topological polar surface area (TPSA) is 127 Å². The van der Waals surface area contributed by atoms with Gasteiger partial charge in [-0.1, -0.05) is 12.1 Å². The lowest BCUT2D eigenvalue weighted by atomic mass is 10.1. The summed E-state index contributed by atoms with van der Waals surface area (Å²) in [6.45, 7) is -0.244. The molecular formula is C13H16N2O6S. The second-order valence-electron chi connectivity index (χ2n) is 4.98. The summed E-state index contributed by atoms with van der Waals surface area (Å²) in [6.07, 6.45) is -0.313. The number of hydrogen-bond acceptors (Lipinski definition) is 5. The first-order chi connectivity index (χ1) is 10.2. The van der Waals surface area contributed by atoms with Crippen molar-refractivity contribution in [3.05, 3.63) is 29.8 Å². The Hall–Kier alpha value is -2.13. The molecule has 2 atom stereocenters. The highest BCUT2D eigenvalue weighted by Gasteiger charge is 2.42. The van der Waals surface area contributed by atoms with E-state index in [0.717, 1.165) is 4.90 Å². The number of methoxy groups -OCH3 is 1. The fourth-order valence-corrected chi connectivity index (χ4v) is 3.18. The molecule has 2 rings (SSSR count). The van der Waals surface area contributed by atoms with Gasteiger partial charge in [0.1, 0.15) is 11.0 Å². The van der Waals surface area contributed by atoms with Crippen LogP contribution in [0.2, 0.25) is 0 Å². The number of hydrogen-bond donors (Lipinski definition) is 2. The van der Waals surface area contributed by atoms with E-state index < -0.39 is 33.2 Å². The summed E-state index contributed by atoms with van der Waals surface area (Å²) in [6, 6.07) is 4.99. The van der Waals surface area contributed by atoms with Gasteiger partial charge in [0.15, 0.2) is 6.04 Å². The summed E-state index contributed by atoms with van der Waals surface area (Å²) in [7, 11) is -2.47. The molecule has 1 aromatic carbocycles. The summed E-state index contributed by atoms with van der Waals surface area (Å²) in [5.41, 5.74) is 0.329. The maximum absolute atomic E-state index is 12.0. The summed E-state index contributed by atoms with van der Waals surface area (Å²) in [5.74, 6) is -1.37. The van der Waals surface area contributed by atoms with Crippen LogP contribution >= 0.6 is 0 Å². The maximum Gasteiger partial charge on any atom is 0.331 e. The van der Waals surface area contributed by atoms with Gasteiger partial charge in [0, 0.05) is 13.0 Å². The van der Waals surface area contributed by atoms with Crippen LogP contribution in [0.15, 0.2) is 24.3 Å². The van der Waals surface area contributed by atoms with E-state index in [4.69, 9.17) is 9.88 Å². The first kappa shape index (κ1) is 16.2. The molecule has 3 N–H and O–H groups in total. The van der Waals surface area contributed by atoms with Gasteiger partial charge < -0.3 is 14.7 Å². The third-order valence-electron chi connectivity index (χ3n) is 3.54. The molecule has 0 bridgehead atoms. The number of aliphatic carboxylic acids is 1. The number of likely N-dealkylation sites (tertiary alicyclic amines) is 1. The van der Waals surface area contributed by atoms with Crippen molar-refractivity contribution >= 4 is 21.9 Å². The number of carboxylic acids is 1. The van der Waals surface area contributed by atoms with Crippen molar-refractivity contribution in [3.63, 3.8) is 0 Å². The number of amides is 1. The molecule has 0 saturated carbocycles. The monoisotopic (exact) mass is 328 g/mol. The normalized spacial score (nSPS) is 20.0. The zero-order valence-electron chi connectivity index (χ0n) is 11.8. The molecule has 9 heteroatoms. The van der Waals surface area contributed by atoms with Crippen LogP contribution in [0.25, 0.3) is 0 Å². The molecular weight excluding hydrogens is 312 g/mol. The van der Waals surface area contributed by atoms with Crippen LogP contribution in [0.3, 0.4) is 0 Å². The molecule has 1 amide bonds. The number of benzene rings is 1. The second-order valence-corrected chi connectivity index (χ2v) is 6.82. The van der Waals surface area contributed by atoms with E-state index in [-0.39, 0.29) is 13.0 Å². The third-order valence-corrected chi connectivity index (χ3v) is 4.79. The van der Waals surface area contributed by atoms with Crippen molar-refractivity contribution in [3.8, 4) is 5.75 Å². The Morgan fingerprint density at radius 2 is 2.18 bits per heavy atom. The fraction of sp³-hybridized carbons (Fsp3) is 0.385. The van der Waals surface area contributed by atoms with E-state index in [0.29, 0.717) is 11.3 Å². The standard InChI is InChI=1S/C13H16N2O6S/c1-21-9-4-2-3-8(5-9)12(13(17)18)15-7-10(6-11(15)16)22(14,19)20/h2-5,10,12H,6-7H2,1H3,(H,17,18)(H2,14,19,20). The number of rotatable bonds is 5. The molecule has 1 aliphatic rings. The highest BCUT2D eigenvalue weighted by molar-refractivity contribution is 7.89. The Balaban J connectivity index is 2.36. The van der Waals surface area contributed by atoms with Gasteiger partial charge in [-0.3, -0.25) is 4.79 Å². The number of nitrogens with zero attached hydrogens (tertiary/aromatic N) is 1. The number of carboxylic acid groups (broad SMARTS) is 1. The van der Waals surface area contributed by atoms with Crippen LogP contribution < -0.4 is 9.88 Å². The van der Waals surface area contributed by atoms with Crippen molar-refractivity contribution < 1.29 is 27.9 Å². The van der Waals surface area contributed by atoms with Crippen LogP contribution in [0.5, 0.6) is 5.75 Å². The smallest absolute Gasteiger partial charge is 0.331 e. The average molecular weight is 328 g/mol. The lowest BCUT2D eigenvalue weighted by Crippen LogP contribution is -2.37. The van der Waals surface area contributed by atoms with Gasteiger partial charge in [-0.05, 0) is 17.7 Å². The molecule has 0 spiro atoms. The van der Waals surface area contributed by atoms with Crippen LogP contribution in [0.1, 0.15) is 18.0 Å². The van der Waals surface area contributed by atoms with E-state index in [1.807, 2.05) is 0 Å². The van der Waals surface area contributed by atoms with E-state index in [9.17, 15) is 23.1 Å². The van der Waals surface area contributed by atoms with Gasteiger partial charge in [0.25, 0.3) is 0 Å². The molecule has 1 aliphatic heterocycles. The molecule has 8 nitrogen and oxygen atoms in total. The summed E-state index contributed by atoms with van der Waals surface area (Å²) < 4.78 is 27.8. The zero-order chi connectivity index (χ0) is 16.5. The molecule has 0 aliphatic carbocycles. The first-order valence-corrected chi connectivity index (χ1v) is 8.03. The third kappa shape index (κ3) is 3.20. The van der Waals surface area contributed by atoms with E-state index >= 15 is 0 Å². The van der Waals surface area contributed by atoms with E-state index in [1.165, 1.54) is 13.2 Å². The van der Waals surface area contributed by atoms with Gasteiger partial charge in [-0.25, -0.2) is 18.4 Å². The minimum Gasteiger partial charge on any atom is -0.497 e. The van der Waals surface area contributed by atoms with Gasteiger partial charge in [-0.15, -0.1) is 0 Å². The molecule has 1 heterocycles. The Morgan fingerprint density at radius 3 is 2.68 bits per heavy atom. The van der Waals surface area contributed by atoms with Gasteiger partial charge >= 0.3 is 5.97 Å². The zero-order valence-corrected chi connectivity index (χ0v) is 12.6. The van der Waals surface area contributed by atoms with Crippen molar-refractivity contribution in [2.45, 2.75) is 17.7 Å². The van der Waals surface area contributed by atoms with Crippen LogP contribution in [0.4, 0.5) is 0 Å². The minimum atomic E-state index is -3.90. The number of ether oxygens (including phenoxy) is 1. The maximum atomic E-state index is 12.0. The number of nitrogens with two attached hydrogens (primary N) is 1. The quantitative estimate of drug-likeness (QED) is 0.764. The van der Waals surface area contributed by atoms with Crippen LogP contribution in [-0.4, -0.2) is 49.2 Å². The first-order valence-electron chi connectivity index (χ1n) is 6.42. The minimum absolute atomic E-state index is 0.244. The van der Waals surface area contributed by atoms with Crippen LogP contribution in [-0.2, 0) is 19.6 Å². The largest absolute Gasteiger partial charge is 0.497 e. The van der Waals surface area contributed by atoms with Crippen molar-refractivity contribution in [1.29, 1.82) is 0 Å². The van der Waals surface area contributed by atoms with Gasteiger partial charge in [-0.2, -0.15) is 0 Å². The Bertz CT molecular complexity index is 702. The molecule has 120 valence electrons. The molecule has 0 aromatic heterocycles. The number of primary sulfonamides is 1. The lowest BCUT2D eigenvalue weighted by molar-refractivity contribution is -0.148. The molecule has 1 aromatic rings. The van der Waals surface area contributed by atoms with E-state index in [2.05, 4.69) is 0 Å². The fourth-order valence-electron chi connectivity index (χ4n) is 2.43. The predicted molar refractivity (Wildman–Crippen MR) is 76.6 cm³/mol. The molecule has 2 unspecified atom stereocenters. The summed E-state index contributed by atoms with van der Waals surface area (Å²) in [4.78, 5) is 24.6. The van der Waals surface area contributed by atoms with Crippen molar-refractivity contribution in [1.82, 2.24) is 4.90 Å². The number of carbonyl (C=O) groups excluding carboxylic acids is 1. The number of sulfonamides is 1. The number of carbonyl (C=O) groups is 2. The van der Waals surface area contributed by atoms with Crippen molar-refractivity contribution in [2.75, 3.05) is 13.7 Å². The Morgan fingerprint density at radius 1 is 1.50 bits per heavy atom. The molecule has 1 saturated heterocycles. The van der Waals surface area contributed by atoms with Crippen molar-refractivity contribution in [2.24, 2.45) is 5.14 Å². The average Bonchev–Trinajstić information content (AvgIpc) is 2.81. The Labute approximate surface area is 127 Å². The summed E-state index contributed by atoms with van der Waals surface area (Å²) in [5, 5.41) is 13.4. The highest BCUT2D eigenvalue weighted by atomic mass is 32.2. The van der Waals surface area contributed by atoms with E-state index in [1.54, 1.807) is 18.2 Å². The van der Waals surface area contributed by atoms with Gasteiger partial charge in [0.05, 0.1) is 7.11 Å². The molecule has 22 heavy (non-hydrogen) atoms. The highest BCUT2D eigenvalue weighted by Crippen LogP contribution is 2.30. The summed E-state index contributed by atoms with van der Waals surface area (Å²) >= 11 is 0. The molecule has 0 radical (unpaired) electrons. The Kier molecular flexibility index (Phi) is 4.38. The SMILES string of the molecule is COc1cccc(C(C(=O)O)N2CC(S(N)(=O)=O)CC2=O)c1. The van der Waals surface area contributed by atoms with Crippen LogP contribution in [0, 0.1) is 0 Å². The van der Waals surface area contributed by atoms with Gasteiger partial charge in [0.2, 0.25) is 15.9 Å². The lowest BCUT2D eigenvalue weighted by Gasteiger charge is -2.25. The molecule has 1 fully saturated rings. The predicted octanol–water partition coefficient (Wildman–Crippen LogP) is -0.290.